The van der Waals surface area contributed by atoms with E-state index in [9.17, 15) is 22.7 Å². The Balaban J connectivity index is 2.82. The molecule has 0 fully saturated rings. The SMILES string of the molecule is CC(C)C(O)CNc1cc(C(F)(F)F)ccc1F. The molecule has 102 valence electrons. The van der Waals surface area contributed by atoms with Gasteiger partial charge in [0.2, 0.25) is 0 Å². The molecule has 6 heteroatoms. The van der Waals surface area contributed by atoms with Gasteiger partial charge in [0.05, 0.1) is 17.4 Å². The largest absolute Gasteiger partial charge is 0.416 e. The lowest BCUT2D eigenvalue weighted by Crippen LogP contribution is -2.25. The van der Waals surface area contributed by atoms with Crippen LogP contribution >= 0.6 is 0 Å². The summed E-state index contributed by atoms with van der Waals surface area (Å²) in [6.07, 6.45) is -5.26. The number of aliphatic hydroxyl groups excluding tert-OH is 1. The third kappa shape index (κ3) is 3.87. The van der Waals surface area contributed by atoms with Crippen molar-refractivity contribution in [1.29, 1.82) is 0 Å². The number of rotatable bonds is 4. The number of alkyl halides is 3. The van der Waals surface area contributed by atoms with Crippen molar-refractivity contribution in [3.63, 3.8) is 0 Å². The third-order valence-corrected chi connectivity index (χ3v) is 2.56. The van der Waals surface area contributed by atoms with Crippen LogP contribution in [0.2, 0.25) is 0 Å². The number of anilines is 1. The molecule has 0 spiro atoms. The van der Waals surface area contributed by atoms with Crippen LogP contribution in [0.5, 0.6) is 0 Å². The quantitative estimate of drug-likeness (QED) is 0.819. The van der Waals surface area contributed by atoms with Gasteiger partial charge >= 0.3 is 6.18 Å². The van der Waals surface area contributed by atoms with Crippen LogP contribution in [0.4, 0.5) is 23.2 Å². The third-order valence-electron chi connectivity index (χ3n) is 2.56. The van der Waals surface area contributed by atoms with E-state index >= 15 is 0 Å². The minimum absolute atomic E-state index is 0.00407. The standard InChI is InChI=1S/C12H15F4NO/c1-7(2)11(18)6-17-10-5-8(12(14,15)16)3-4-9(10)13/h3-5,7,11,17-18H,6H2,1-2H3. The number of hydrogen-bond acceptors (Lipinski definition) is 2. The Hall–Kier alpha value is -1.30. The lowest BCUT2D eigenvalue weighted by atomic mass is 10.1. The van der Waals surface area contributed by atoms with Gasteiger partial charge in [-0.25, -0.2) is 4.39 Å². The van der Waals surface area contributed by atoms with Crippen LogP contribution in [0.15, 0.2) is 18.2 Å². The predicted molar refractivity (Wildman–Crippen MR) is 60.7 cm³/mol. The number of nitrogens with one attached hydrogen (secondary N) is 1. The lowest BCUT2D eigenvalue weighted by molar-refractivity contribution is -0.137. The maximum atomic E-state index is 13.3. The van der Waals surface area contributed by atoms with Gasteiger partial charge in [-0.1, -0.05) is 13.8 Å². The fourth-order valence-corrected chi connectivity index (χ4v) is 1.29. The minimum Gasteiger partial charge on any atom is -0.391 e. The molecule has 18 heavy (non-hydrogen) atoms. The van der Waals surface area contributed by atoms with Crippen LogP contribution in [-0.2, 0) is 6.18 Å². The van der Waals surface area contributed by atoms with Gasteiger partial charge in [0.1, 0.15) is 5.82 Å². The van der Waals surface area contributed by atoms with E-state index < -0.39 is 23.7 Å². The van der Waals surface area contributed by atoms with Crippen molar-refractivity contribution in [2.75, 3.05) is 11.9 Å². The molecular formula is C12H15F4NO. The van der Waals surface area contributed by atoms with E-state index in [2.05, 4.69) is 5.32 Å². The first-order valence-electron chi connectivity index (χ1n) is 5.50. The summed E-state index contributed by atoms with van der Waals surface area (Å²) in [4.78, 5) is 0. The molecule has 1 aromatic rings. The number of aliphatic hydroxyl groups is 1. The summed E-state index contributed by atoms with van der Waals surface area (Å²) in [7, 11) is 0. The Morgan fingerprint density at radius 1 is 1.28 bits per heavy atom. The highest BCUT2D eigenvalue weighted by Gasteiger charge is 2.31. The lowest BCUT2D eigenvalue weighted by Gasteiger charge is -2.17. The first-order valence-corrected chi connectivity index (χ1v) is 5.50. The second kappa shape index (κ2) is 5.56. The van der Waals surface area contributed by atoms with E-state index in [0.717, 1.165) is 6.07 Å². The van der Waals surface area contributed by atoms with Crippen molar-refractivity contribution in [3.05, 3.63) is 29.6 Å². The zero-order valence-electron chi connectivity index (χ0n) is 10.1. The molecule has 2 N–H and O–H groups in total. The smallest absolute Gasteiger partial charge is 0.391 e. The van der Waals surface area contributed by atoms with E-state index in [1.165, 1.54) is 0 Å². The molecule has 0 aliphatic carbocycles. The summed E-state index contributed by atoms with van der Waals surface area (Å²) >= 11 is 0. The highest BCUT2D eigenvalue weighted by Crippen LogP contribution is 2.31. The minimum atomic E-state index is -4.51. The molecule has 0 aliphatic heterocycles. The van der Waals surface area contributed by atoms with Crippen molar-refractivity contribution >= 4 is 5.69 Å². The topological polar surface area (TPSA) is 32.3 Å². The zero-order valence-corrected chi connectivity index (χ0v) is 10.1. The molecule has 0 amide bonds. The molecule has 1 atom stereocenters. The van der Waals surface area contributed by atoms with Crippen molar-refractivity contribution in [2.45, 2.75) is 26.1 Å². The molecule has 1 rings (SSSR count). The summed E-state index contributed by atoms with van der Waals surface area (Å²) in [6.45, 7) is 3.51. The van der Waals surface area contributed by atoms with E-state index in [0.29, 0.717) is 12.1 Å². The van der Waals surface area contributed by atoms with Gasteiger partial charge in [0, 0.05) is 6.54 Å². The van der Waals surface area contributed by atoms with Gasteiger partial charge in [-0.2, -0.15) is 13.2 Å². The first-order chi connectivity index (χ1) is 8.21. The molecule has 0 heterocycles. The number of halogens is 4. The molecule has 0 saturated heterocycles. The van der Waals surface area contributed by atoms with Crippen LogP contribution in [0.1, 0.15) is 19.4 Å². The van der Waals surface area contributed by atoms with Crippen molar-refractivity contribution in [1.82, 2.24) is 0 Å². The Kier molecular flexibility index (Phi) is 4.56. The average molecular weight is 265 g/mol. The Morgan fingerprint density at radius 3 is 2.39 bits per heavy atom. The summed E-state index contributed by atoms with van der Waals surface area (Å²) in [6, 6.07) is 2.13. The number of hydrogen-bond donors (Lipinski definition) is 2. The predicted octanol–water partition coefficient (Wildman–Crippen LogP) is 3.27. The van der Waals surface area contributed by atoms with Crippen LogP contribution in [0.25, 0.3) is 0 Å². The maximum absolute atomic E-state index is 13.3. The molecule has 2 nitrogen and oxygen atoms in total. The van der Waals surface area contributed by atoms with Gasteiger partial charge in [-0.05, 0) is 24.1 Å². The second-order valence-corrected chi connectivity index (χ2v) is 4.38. The molecule has 0 aromatic heterocycles. The monoisotopic (exact) mass is 265 g/mol. The van der Waals surface area contributed by atoms with Crippen molar-refractivity contribution < 1.29 is 22.7 Å². The molecule has 1 aromatic carbocycles. The molecule has 0 radical (unpaired) electrons. The fraction of sp³-hybridized carbons (Fsp3) is 0.500. The van der Waals surface area contributed by atoms with Gasteiger partial charge in [-0.3, -0.25) is 0 Å². The van der Waals surface area contributed by atoms with Gasteiger partial charge < -0.3 is 10.4 Å². The first kappa shape index (κ1) is 14.8. The van der Waals surface area contributed by atoms with Gasteiger partial charge in [0.25, 0.3) is 0 Å². The van der Waals surface area contributed by atoms with Crippen LogP contribution < -0.4 is 5.32 Å². The van der Waals surface area contributed by atoms with Crippen LogP contribution in [0, 0.1) is 11.7 Å². The summed E-state index contributed by atoms with van der Waals surface area (Å²) < 4.78 is 50.6. The summed E-state index contributed by atoms with van der Waals surface area (Å²) in [5.74, 6) is -0.842. The molecular weight excluding hydrogens is 250 g/mol. The molecule has 0 aliphatic rings. The van der Waals surface area contributed by atoms with E-state index in [4.69, 9.17) is 0 Å². The highest BCUT2D eigenvalue weighted by molar-refractivity contribution is 5.48. The fourth-order valence-electron chi connectivity index (χ4n) is 1.29. The zero-order chi connectivity index (χ0) is 13.9. The molecule has 1 unspecified atom stereocenters. The molecule has 0 saturated carbocycles. The van der Waals surface area contributed by atoms with E-state index in [-0.39, 0.29) is 18.2 Å². The van der Waals surface area contributed by atoms with Crippen LogP contribution in [-0.4, -0.2) is 17.8 Å². The van der Waals surface area contributed by atoms with Gasteiger partial charge in [-0.15, -0.1) is 0 Å². The van der Waals surface area contributed by atoms with E-state index in [1.807, 2.05) is 0 Å². The average Bonchev–Trinajstić information content (AvgIpc) is 2.25. The van der Waals surface area contributed by atoms with Gasteiger partial charge in [0.15, 0.2) is 0 Å². The van der Waals surface area contributed by atoms with Crippen molar-refractivity contribution in [3.8, 4) is 0 Å². The number of benzene rings is 1. The highest BCUT2D eigenvalue weighted by atomic mass is 19.4. The summed E-state index contributed by atoms with van der Waals surface area (Å²) in [5.41, 5.74) is -1.19. The van der Waals surface area contributed by atoms with E-state index in [1.54, 1.807) is 13.8 Å². The molecule has 0 bridgehead atoms. The summed E-state index contributed by atoms with van der Waals surface area (Å²) in [5, 5.41) is 12.0. The van der Waals surface area contributed by atoms with Crippen LogP contribution in [0.3, 0.4) is 0 Å². The maximum Gasteiger partial charge on any atom is 0.416 e. The van der Waals surface area contributed by atoms with Crippen molar-refractivity contribution in [2.24, 2.45) is 5.92 Å². The Bertz CT molecular complexity index is 404. The normalized spacial score (nSPS) is 13.8. The Labute approximate surface area is 103 Å². The Morgan fingerprint density at radius 2 is 1.89 bits per heavy atom. The second-order valence-electron chi connectivity index (χ2n) is 4.38.